The second-order valence-electron chi connectivity index (χ2n) is 5.58. The summed E-state index contributed by atoms with van der Waals surface area (Å²) in [5.74, 6) is 0. The highest BCUT2D eigenvalue weighted by molar-refractivity contribution is 5.29. The standard InChI is InChI=1S/C17H29NO/c1-6-18-17(8-7-15(4)19-5)12-16-10-13(2)9-14(3)11-16/h9-11,15,17-18H,6-8,12H2,1-5H3. The Morgan fingerprint density at radius 3 is 2.26 bits per heavy atom. The first-order valence-electron chi connectivity index (χ1n) is 7.38. The number of hydrogen-bond acceptors (Lipinski definition) is 2. The van der Waals surface area contributed by atoms with Crippen LogP contribution >= 0.6 is 0 Å². The number of benzene rings is 1. The second kappa shape index (κ2) is 8.34. The Morgan fingerprint density at radius 1 is 1.11 bits per heavy atom. The SMILES string of the molecule is CCNC(CCC(C)OC)Cc1cc(C)cc(C)c1. The van der Waals surface area contributed by atoms with E-state index in [0.29, 0.717) is 12.1 Å². The van der Waals surface area contributed by atoms with Crippen molar-refractivity contribution in [2.45, 2.75) is 59.1 Å². The predicted octanol–water partition coefficient (Wildman–Crippen LogP) is 3.64. The highest BCUT2D eigenvalue weighted by Gasteiger charge is 2.11. The summed E-state index contributed by atoms with van der Waals surface area (Å²) in [5, 5.41) is 3.59. The van der Waals surface area contributed by atoms with Crippen LogP contribution in [0, 0.1) is 13.8 Å². The lowest BCUT2D eigenvalue weighted by Gasteiger charge is -2.20. The van der Waals surface area contributed by atoms with Gasteiger partial charge in [-0.05, 0) is 52.1 Å². The molecule has 1 rings (SSSR count). The smallest absolute Gasteiger partial charge is 0.0543 e. The molecule has 0 spiro atoms. The van der Waals surface area contributed by atoms with Crippen molar-refractivity contribution >= 4 is 0 Å². The van der Waals surface area contributed by atoms with Crippen LogP contribution in [0.25, 0.3) is 0 Å². The van der Waals surface area contributed by atoms with Crippen LogP contribution < -0.4 is 5.32 Å². The molecule has 0 fully saturated rings. The van der Waals surface area contributed by atoms with Crippen LogP contribution in [0.3, 0.4) is 0 Å². The van der Waals surface area contributed by atoms with Crippen LogP contribution in [0.5, 0.6) is 0 Å². The van der Waals surface area contributed by atoms with Gasteiger partial charge in [0.05, 0.1) is 6.10 Å². The highest BCUT2D eigenvalue weighted by atomic mass is 16.5. The number of likely N-dealkylation sites (N-methyl/N-ethyl adjacent to an activating group) is 1. The molecule has 2 atom stereocenters. The Bertz CT molecular complexity index is 355. The molecule has 0 saturated heterocycles. The van der Waals surface area contributed by atoms with Crippen molar-refractivity contribution in [2.24, 2.45) is 0 Å². The maximum absolute atomic E-state index is 5.34. The molecule has 0 aliphatic heterocycles. The molecule has 0 aliphatic carbocycles. The molecule has 2 heteroatoms. The largest absolute Gasteiger partial charge is 0.382 e. The van der Waals surface area contributed by atoms with Gasteiger partial charge in [-0.1, -0.05) is 36.2 Å². The average Bonchev–Trinajstić information content (AvgIpc) is 2.34. The van der Waals surface area contributed by atoms with E-state index in [9.17, 15) is 0 Å². The van der Waals surface area contributed by atoms with Crippen LogP contribution in [0.15, 0.2) is 18.2 Å². The van der Waals surface area contributed by atoms with Gasteiger partial charge in [0.15, 0.2) is 0 Å². The lowest BCUT2D eigenvalue weighted by Crippen LogP contribution is -2.32. The molecule has 1 N–H and O–H groups in total. The first kappa shape index (κ1) is 16.2. The maximum Gasteiger partial charge on any atom is 0.0543 e. The fourth-order valence-corrected chi connectivity index (χ4v) is 2.59. The molecule has 0 heterocycles. The predicted molar refractivity (Wildman–Crippen MR) is 82.8 cm³/mol. The molecule has 0 radical (unpaired) electrons. The second-order valence-corrected chi connectivity index (χ2v) is 5.58. The fraction of sp³-hybridized carbons (Fsp3) is 0.647. The number of nitrogens with one attached hydrogen (secondary N) is 1. The molecular weight excluding hydrogens is 234 g/mol. The minimum Gasteiger partial charge on any atom is -0.382 e. The van der Waals surface area contributed by atoms with Crippen molar-refractivity contribution in [1.29, 1.82) is 0 Å². The molecule has 19 heavy (non-hydrogen) atoms. The minimum absolute atomic E-state index is 0.348. The van der Waals surface area contributed by atoms with Crippen molar-refractivity contribution < 1.29 is 4.74 Å². The van der Waals surface area contributed by atoms with E-state index in [1.165, 1.54) is 16.7 Å². The Labute approximate surface area is 118 Å². The number of ether oxygens (including phenoxy) is 1. The van der Waals surface area contributed by atoms with Gasteiger partial charge in [0, 0.05) is 13.2 Å². The highest BCUT2D eigenvalue weighted by Crippen LogP contribution is 2.14. The van der Waals surface area contributed by atoms with Crippen LogP contribution in [0.2, 0.25) is 0 Å². The van der Waals surface area contributed by atoms with E-state index in [-0.39, 0.29) is 0 Å². The maximum atomic E-state index is 5.34. The summed E-state index contributed by atoms with van der Waals surface area (Å²) in [7, 11) is 1.79. The van der Waals surface area contributed by atoms with Gasteiger partial charge < -0.3 is 10.1 Å². The van der Waals surface area contributed by atoms with Crippen molar-refractivity contribution in [3.8, 4) is 0 Å². The van der Waals surface area contributed by atoms with E-state index in [2.05, 4.69) is 51.2 Å². The van der Waals surface area contributed by atoms with Gasteiger partial charge in [-0.3, -0.25) is 0 Å². The van der Waals surface area contributed by atoms with E-state index in [0.717, 1.165) is 25.8 Å². The monoisotopic (exact) mass is 263 g/mol. The summed E-state index contributed by atoms with van der Waals surface area (Å²) in [6.07, 6.45) is 3.72. The van der Waals surface area contributed by atoms with Gasteiger partial charge in [0.25, 0.3) is 0 Å². The van der Waals surface area contributed by atoms with Gasteiger partial charge in [-0.15, -0.1) is 0 Å². The third kappa shape index (κ3) is 6.22. The van der Waals surface area contributed by atoms with Gasteiger partial charge in [0.2, 0.25) is 0 Å². The molecule has 0 saturated carbocycles. The van der Waals surface area contributed by atoms with E-state index in [1.54, 1.807) is 7.11 Å². The molecule has 2 nitrogen and oxygen atoms in total. The molecule has 0 amide bonds. The molecule has 0 bridgehead atoms. The molecule has 0 aliphatic rings. The Kier molecular flexibility index (Phi) is 7.11. The van der Waals surface area contributed by atoms with E-state index < -0.39 is 0 Å². The molecule has 108 valence electrons. The Balaban J connectivity index is 2.61. The zero-order valence-electron chi connectivity index (χ0n) is 13.1. The first-order valence-corrected chi connectivity index (χ1v) is 7.38. The number of rotatable bonds is 8. The van der Waals surface area contributed by atoms with Gasteiger partial charge in [-0.25, -0.2) is 0 Å². The zero-order chi connectivity index (χ0) is 14.3. The van der Waals surface area contributed by atoms with Crippen molar-refractivity contribution in [3.05, 3.63) is 34.9 Å². The summed E-state index contributed by atoms with van der Waals surface area (Å²) < 4.78 is 5.34. The zero-order valence-corrected chi connectivity index (χ0v) is 13.1. The molecular formula is C17H29NO. The summed E-state index contributed by atoms with van der Waals surface area (Å²) in [6.45, 7) is 9.68. The summed E-state index contributed by atoms with van der Waals surface area (Å²) >= 11 is 0. The van der Waals surface area contributed by atoms with Crippen molar-refractivity contribution in [2.75, 3.05) is 13.7 Å². The number of hydrogen-bond donors (Lipinski definition) is 1. The topological polar surface area (TPSA) is 21.3 Å². The summed E-state index contributed by atoms with van der Waals surface area (Å²) in [6, 6.07) is 7.39. The van der Waals surface area contributed by atoms with E-state index in [4.69, 9.17) is 4.74 Å². The van der Waals surface area contributed by atoms with Gasteiger partial charge in [0.1, 0.15) is 0 Å². The van der Waals surface area contributed by atoms with Crippen LogP contribution in [-0.2, 0) is 11.2 Å². The minimum atomic E-state index is 0.348. The Hall–Kier alpha value is -0.860. The lowest BCUT2D eigenvalue weighted by molar-refractivity contribution is 0.106. The third-order valence-corrected chi connectivity index (χ3v) is 3.58. The third-order valence-electron chi connectivity index (χ3n) is 3.58. The fourth-order valence-electron chi connectivity index (χ4n) is 2.59. The summed E-state index contributed by atoms with van der Waals surface area (Å²) in [4.78, 5) is 0. The average molecular weight is 263 g/mol. The Morgan fingerprint density at radius 2 is 1.74 bits per heavy atom. The molecule has 1 aromatic rings. The van der Waals surface area contributed by atoms with Crippen LogP contribution in [-0.4, -0.2) is 25.8 Å². The summed E-state index contributed by atoms with van der Waals surface area (Å²) in [5.41, 5.74) is 4.15. The van der Waals surface area contributed by atoms with Crippen LogP contribution in [0.4, 0.5) is 0 Å². The number of aryl methyl sites for hydroxylation is 2. The lowest BCUT2D eigenvalue weighted by atomic mass is 9.97. The van der Waals surface area contributed by atoms with Gasteiger partial charge in [-0.2, -0.15) is 0 Å². The quantitative estimate of drug-likeness (QED) is 0.773. The first-order chi connectivity index (χ1) is 9.05. The van der Waals surface area contributed by atoms with Crippen molar-refractivity contribution in [1.82, 2.24) is 5.32 Å². The van der Waals surface area contributed by atoms with Gasteiger partial charge >= 0.3 is 0 Å². The molecule has 1 aromatic carbocycles. The number of methoxy groups -OCH3 is 1. The van der Waals surface area contributed by atoms with Crippen molar-refractivity contribution in [3.63, 3.8) is 0 Å². The van der Waals surface area contributed by atoms with E-state index >= 15 is 0 Å². The van der Waals surface area contributed by atoms with Crippen LogP contribution in [0.1, 0.15) is 43.4 Å². The van der Waals surface area contributed by atoms with E-state index in [1.807, 2.05) is 0 Å². The molecule has 0 aromatic heterocycles. The molecule has 2 unspecified atom stereocenters. The normalized spacial score (nSPS) is 14.4.